The summed E-state index contributed by atoms with van der Waals surface area (Å²) in [6.07, 6.45) is 5.21. The van der Waals surface area contributed by atoms with Crippen LogP contribution >= 0.6 is 11.8 Å². The Kier molecular flexibility index (Phi) is 9.90. The van der Waals surface area contributed by atoms with Crippen molar-refractivity contribution in [1.82, 2.24) is 25.9 Å². The van der Waals surface area contributed by atoms with Gasteiger partial charge in [-0.2, -0.15) is 11.8 Å². The number of hydrogen-bond donors (Lipinski definition) is 6. The van der Waals surface area contributed by atoms with Gasteiger partial charge in [0.1, 0.15) is 18.6 Å². The Hall–Kier alpha value is -2.60. The molecule has 1 rings (SSSR count). The highest BCUT2D eigenvalue weighted by Crippen LogP contribution is 2.04. The van der Waals surface area contributed by atoms with E-state index in [2.05, 4.69) is 25.9 Å². The fourth-order valence-electron chi connectivity index (χ4n) is 2.14. The lowest BCUT2D eigenvalue weighted by atomic mass is 10.1. The van der Waals surface area contributed by atoms with E-state index in [-0.39, 0.29) is 13.0 Å². The van der Waals surface area contributed by atoms with Crippen LogP contribution in [0.1, 0.15) is 12.1 Å². The zero-order valence-electron chi connectivity index (χ0n) is 14.9. The van der Waals surface area contributed by atoms with E-state index in [9.17, 15) is 19.2 Å². The molecule has 1 aromatic rings. The highest BCUT2D eigenvalue weighted by molar-refractivity contribution is 7.98. The molecule has 0 radical (unpaired) electrons. The predicted molar refractivity (Wildman–Crippen MR) is 98.9 cm³/mol. The second-order valence-electron chi connectivity index (χ2n) is 5.56. The number of carbonyl (C=O) groups excluding carboxylic acids is 3. The van der Waals surface area contributed by atoms with Crippen LogP contribution < -0.4 is 21.7 Å². The summed E-state index contributed by atoms with van der Waals surface area (Å²) in [6, 6.07) is -1.89. The summed E-state index contributed by atoms with van der Waals surface area (Å²) < 4.78 is 0. The van der Waals surface area contributed by atoms with Crippen molar-refractivity contribution in [3.63, 3.8) is 0 Å². The van der Waals surface area contributed by atoms with Gasteiger partial charge in [-0.25, -0.2) is 4.98 Å². The number of aromatic nitrogens is 2. The number of rotatable bonds is 12. The van der Waals surface area contributed by atoms with Crippen LogP contribution in [0.25, 0.3) is 0 Å². The Balaban J connectivity index is 2.84. The molecule has 0 saturated heterocycles. The number of thioether (sulfide) groups is 1. The number of H-pyrrole nitrogens is 1. The van der Waals surface area contributed by atoms with E-state index in [1.54, 1.807) is 0 Å². The molecule has 0 aliphatic rings. The molecule has 1 heterocycles. The molecule has 150 valence electrons. The van der Waals surface area contributed by atoms with E-state index in [0.717, 1.165) is 0 Å². The van der Waals surface area contributed by atoms with Crippen LogP contribution in [0.15, 0.2) is 12.5 Å². The molecule has 7 N–H and O–H groups in total. The first kappa shape index (κ1) is 22.4. The first-order valence-electron chi connectivity index (χ1n) is 8.12. The molecule has 0 saturated carbocycles. The topological polar surface area (TPSA) is 179 Å². The van der Waals surface area contributed by atoms with Crippen molar-refractivity contribution in [3.8, 4) is 0 Å². The number of amides is 3. The molecule has 1 aromatic heterocycles. The summed E-state index contributed by atoms with van der Waals surface area (Å²) in [7, 11) is 0. The van der Waals surface area contributed by atoms with Gasteiger partial charge in [-0.3, -0.25) is 19.2 Å². The molecule has 2 unspecified atom stereocenters. The Morgan fingerprint density at radius 3 is 2.56 bits per heavy atom. The molecular weight excluding hydrogens is 376 g/mol. The van der Waals surface area contributed by atoms with Crippen LogP contribution in [0, 0.1) is 0 Å². The average molecular weight is 400 g/mol. The zero-order valence-corrected chi connectivity index (χ0v) is 15.7. The Morgan fingerprint density at radius 1 is 1.26 bits per heavy atom. The lowest BCUT2D eigenvalue weighted by molar-refractivity contribution is -0.138. The molecular formula is C15H24N6O5S. The lowest BCUT2D eigenvalue weighted by Crippen LogP contribution is -2.55. The minimum absolute atomic E-state index is 0.0806. The number of nitrogens with zero attached hydrogens (tertiary/aromatic N) is 1. The van der Waals surface area contributed by atoms with Gasteiger partial charge in [-0.05, 0) is 18.4 Å². The van der Waals surface area contributed by atoms with Crippen LogP contribution in [0.3, 0.4) is 0 Å². The zero-order chi connectivity index (χ0) is 20.2. The van der Waals surface area contributed by atoms with Crippen molar-refractivity contribution in [2.75, 3.05) is 25.1 Å². The molecule has 2 atom stereocenters. The molecule has 0 fully saturated rings. The second kappa shape index (κ2) is 11.9. The monoisotopic (exact) mass is 400 g/mol. The molecule has 0 aromatic carbocycles. The van der Waals surface area contributed by atoms with E-state index in [4.69, 9.17) is 10.8 Å². The molecule has 0 aliphatic heterocycles. The third-order valence-electron chi connectivity index (χ3n) is 3.47. The van der Waals surface area contributed by atoms with Crippen molar-refractivity contribution in [3.05, 3.63) is 18.2 Å². The van der Waals surface area contributed by atoms with E-state index < -0.39 is 42.3 Å². The molecule has 11 nitrogen and oxygen atoms in total. The summed E-state index contributed by atoms with van der Waals surface area (Å²) in [5.74, 6) is -2.30. The normalized spacial score (nSPS) is 12.7. The van der Waals surface area contributed by atoms with Crippen LogP contribution in [-0.2, 0) is 25.6 Å². The molecule has 27 heavy (non-hydrogen) atoms. The number of aromatic amines is 1. The minimum Gasteiger partial charge on any atom is -0.480 e. The number of hydrogen-bond acceptors (Lipinski definition) is 7. The fraction of sp³-hybridized carbons (Fsp3) is 0.533. The predicted octanol–water partition coefficient (Wildman–Crippen LogP) is -2.17. The van der Waals surface area contributed by atoms with Gasteiger partial charge in [0.15, 0.2) is 0 Å². The Morgan fingerprint density at radius 2 is 2.00 bits per heavy atom. The van der Waals surface area contributed by atoms with Gasteiger partial charge in [0.05, 0.1) is 12.9 Å². The van der Waals surface area contributed by atoms with Crippen molar-refractivity contribution in [1.29, 1.82) is 0 Å². The summed E-state index contributed by atoms with van der Waals surface area (Å²) in [5.41, 5.74) is 5.86. The number of carboxylic acids is 1. The maximum Gasteiger partial charge on any atom is 0.322 e. The molecule has 0 bridgehead atoms. The lowest BCUT2D eigenvalue weighted by Gasteiger charge is -2.22. The first-order valence-corrected chi connectivity index (χ1v) is 9.52. The number of nitrogens with one attached hydrogen (secondary N) is 4. The van der Waals surface area contributed by atoms with Gasteiger partial charge >= 0.3 is 5.97 Å². The van der Waals surface area contributed by atoms with E-state index in [1.165, 1.54) is 24.3 Å². The molecule has 0 spiro atoms. The third kappa shape index (κ3) is 8.55. The summed E-state index contributed by atoms with van der Waals surface area (Å²) >= 11 is 1.50. The van der Waals surface area contributed by atoms with E-state index >= 15 is 0 Å². The van der Waals surface area contributed by atoms with Gasteiger partial charge in [0.25, 0.3) is 0 Å². The van der Waals surface area contributed by atoms with Gasteiger partial charge in [0, 0.05) is 18.3 Å². The Labute approximate surface area is 160 Å². The van der Waals surface area contributed by atoms with Crippen molar-refractivity contribution >= 4 is 35.5 Å². The van der Waals surface area contributed by atoms with Crippen LogP contribution in [0.5, 0.6) is 0 Å². The fourth-order valence-corrected chi connectivity index (χ4v) is 2.61. The highest BCUT2D eigenvalue weighted by atomic mass is 32.2. The smallest absolute Gasteiger partial charge is 0.322 e. The molecule has 12 heteroatoms. The average Bonchev–Trinajstić information content (AvgIpc) is 3.15. The molecule has 0 aliphatic carbocycles. The number of imidazole rings is 1. The van der Waals surface area contributed by atoms with Gasteiger partial charge in [-0.15, -0.1) is 0 Å². The number of carbonyl (C=O) groups is 4. The highest BCUT2D eigenvalue weighted by Gasteiger charge is 2.27. The van der Waals surface area contributed by atoms with E-state index in [0.29, 0.717) is 17.9 Å². The third-order valence-corrected chi connectivity index (χ3v) is 4.12. The largest absolute Gasteiger partial charge is 0.480 e. The summed E-state index contributed by atoms with van der Waals surface area (Å²) in [6.45, 7) is -0.840. The van der Waals surface area contributed by atoms with Crippen LogP contribution in [0.2, 0.25) is 0 Å². The van der Waals surface area contributed by atoms with Gasteiger partial charge < -0.3 is 31.8 Å². The summed E-state index contributed by atoms with van der Waals surface area (Å²) in [5, 5.41) is 16.0. The molecule has 3 amide bonds. The Bertz CT molecular complexity index is 639. The number of nitrogens with two attached hydrogens (primary N) is 1. The van der Waals surface area contributed by atoms with Crippen molar-refractivity contribution in [2.45, 2.75) is 24.9 Å². The van der Waals surface area contributed by atoms with Crippen LogP contribution in [-0.4, -0.2) is 75.9 Å². The minimum atomic E-state index is -1.21. The van der Waals surface area contributed by atoms with Crippen molar-refractivity contribution < 1.29 is 24.3 Å². The first-order chi connectivity index (χ1) is 12.9. The quantitative estimate of drug-likeness (QED) is 0.229. The van der Waals surface area contributed by atoms with Crippen LogP contribution in [0.4, 0.5) is 0 Å². The maximum absolute atomic E-state index is 12.6. The van der Waals surface area contributed by atoms with E-state index in [1.807, 2.05) is 6.26 Å². The van der Waals surface area contributed by atoms with Gasteiger partial charge in [0.2, 0.25) is 17.7 Å². The van der Waals surface area contributed by atoms with Crippen molar-refractivity contribution in [2.24, 2.45) is 5.73 Å². The maximum atomic E-state index is 12.6. The SMILES string of the molecule is CSCCC(NC(=O)CN)C(=O)NC(Cc1cnc[nH]1)C(=O)NCC(=O)O. The van der Waals surface area contributed by atoms with Gasteiger partial charge in [-0.1, -0.05) is 0 Å². The second-order valence-corrected chi connectivity index (χ2v) is 6.54. The number of carboxylic acid groups (broad SMARTS) is 1. The summed E-state index contributed by atoms with van der Waals surface area (Å²) in [4.78, 5) is 53.8. The standard InChI is InChI=1S/C15H24N6O5S/c1-27-3-2-10(20-12(22)5-16)15(26)21-11(4-9-6-17-8-19-9)14(25)18-7-13(23)24/h6,8,10-11H,2-5,7,16H2,1H3,(H,17,19)(H,18,25)(H,20,22)(H,21,26)(H,23,24). The number of aliphatic carboxylic acids is 1.